The van der Waals surface area contributed by atoms with Crippen LogP contribution in [0.4, 0.5) is 0 Å². The molecule has 22 heavy (non-hydrogen) atoms. The number of carbonyl (C=O) groups excluding carboxylic acids is 1. The van der Waals surface area contributed by atoms with Gasteiger partial charge in [-0.05, 0) is 25.5 Å². The molecule has 5 nitrogen and oxygen atoms in total. The van der Waals surface area contributed by atoms with Crippen molar-refractivity contribution in [2.24, 2.45) is 0 Å². The van der Waals surface area contributed by atoms with E-state index in [1.165, 1.54) is 7.11 Å². The Balaban J connectivity index is 1.88. The molecule has 0 radical (unpaired) electrons. The minimum Gasteiger partial charge on any atom is -0.391 e. The molecule has 0 bridgehead atoms. The number of rotatable bonds is 7. The summed E-state index contributed by atoms with van der Waals surface area (Å²) in [4.78, 5) is 16.4. The standard InChI is InChI=1S/C16H20N2O3S/c1-11-10-22-16(18-11)13-5-3-12(4-6-13)15(20)17-8-7-14(19)9-21-2/h3-6,10,14,19H,7-9H2,1-2H3,(H,17,20). The first kappa shape index (κ1) is 16.6. The van der Waals surface area contributed by atoms with Crippen molar-refractivity contribution in [2.45, 2.75) is 19.4 Å². The quantitative estimate of drug-likeness (QED) is 0.821. The fourth-order valence-electron chi connectivity index (χ4n) is 1.98. The Kier molecular flexibility index (Phi) is 6.06. The fraction of sp³-hybridized carbons (Fsp3) is 0.375. The van der Waals surface area contributed by atoms with E-state index in [-0.39, 0.29) is 12.5 Å². The molecule has 1 amide bonds. The Morgan fingerprint density at radius 2 is 2.14 bits per heavy atom. The van der Waals surface area contributed by atoms with Crippen LogP contribution in [-0.2, 0) is 4.74 Å². The molecule has 6 heteroatoms. The predicted octanol–water partition coefficient (Wildman–Crippen LogP) is 2.25. The normalized spacial score (nSPS) is 12.1. The molecule has 1 unspecified atom stereocenters. The summed E-state index contributed by atoms with van der Waals surface area (Å²) in [5, 5.41) is 15.3. The second-order valence-corrected chi connectivity index (χ2v) is 5.88. The van der Waals surface area contributed by atoms with Crippen molar-refractivity contribution in [1.29, 1.82) is 0 Å². The highest BCUT2D eigenvalue weighted by Gasteiger charge is 2.08. The highest BCUT2D eigenvalue weighted by molar-refractivity contribution is 7.13. The molecule has 0 aliphatic carbocycles. The molecular weight excluding hydrogens is 300 g/mol. The van der Waals surface area contributed by atoms with E-state index in [4.69, 9.17) is 4.74 Å². The molecule has 118 valence electrons. The van der Waals surface area contributed by atoms with Crippen LogP contribution in [0.1, 0.15) is 22.5 Å². The van der Waals surface area contributed by atoms with Gasteiger partial charge in [-0.1, -0.05) is 12.1 Å². The van der Waals surface area contributed by atoms with E-state index in [0.717, 1.165) is 16.3 Å². The van der Waals surface area contributed by atoms with Crippen molar-refractivity contribution in [3.8, 4) is 10.6 Å². The molecule has 1 heterocycles. The lowest BCUT2D eigenvalue weighted by molar-refractivity contribution is 0.0587. The van der Waals surface area contributed by atoms with Crippen LogP contribution in [0.5, 0.6) is 0 Å². The van der Waals surface area contributed by atoms with Crippen LogP contribution in [-0.4, -0.2) is 42.4 Å². The van der Waals surface area contributed by atoms with Crippen LogP contribution in [0, 0.1) is 6.92 Å². The van der Waals surface area contributed by atoms with E-state index in [2.05, 4.69) is 10.3 Å². The summed E-state index contributed by atoms with van der Waals surface area (Å²) in [6.07, 6.45) is -0.0865. The van der Waals surface area contributed by atoms with Gasteiger partial charge in [0.05, 0.1) is 12.7 Å². The number of methoxy groups -OCH3 is 1. The number of ether oxygens (including phenoxy) is 1. The zero-order chi connectivity index (χ0) is 15.9. The summed E-state index contributed by atoms with van der Waals surface area (Å²) in [5.41, 5.74) is 2.60. The largest absolute Gasteiger partial charge is 0.391 e. The number of aliphatic hydroxyl groups is 1. The molecule has 0 aliphatic rings. The Morgan fingerprint density at radius 1 is 1.41 bits per heavy atom. The zero-order valence-corrected chi connectivity index (χ0v) is 13.5. The summed E-state index contributed by atoms with van der Waals surface area (Å²) in [7, 11) is 1.54. The number of hydrogen-bond acceptors (Lipinski definition) is 5. The lowest BCUT2D eigenvalue weighted by Gasteiger charge is -2.10. The molecule has 1 aromatic heterocycles. The summed E-state index contributed by atoms with van der Waals surface area (Å²) in [5.74, 6) is -0.147. The molecule has 2 rings (SSSR count). The van der Waals surface area contributed by atoms with Crippen LogP contribution in [0.25, 0.3) is 10.6 Å². The fourth-order valence-corrected chi connectivity index (χ4v) is 2.78. The topological polar surface area (TPSA) is 71.5 Å². The highest BCUT2D eigenvalue weighted by atomic mass is 32.1. The second-order valence-electron chi connectivity index (χ2n) is 5.03. The van der Waals surface area contributed by atoms with Gasteiger partial charge in [-0.15, -0.1) is 11.3 Å². The number of aromatic nitrogens is 1. The molecular formula is C16H20N2O3S. The van der Waals surface area contributed by atoms with Gasteiger partial charge in [-0.3, -0.25) is 4.79 Å². The Bertz CT molecular complexity index is 610. The summed E-state index contributed by atoms with van der Waals surface area (Å²) >= 11 is 1.59. The SMILES string of the molecule is COCC(O)CCNC(=O)c1ccc(-c2nc(C)cs2)cc1. The maximum absolute atomic E-state index is 12.0. The third-order valence-electron chi connectivity index (χ3n) is 3.14. The third-order valence-corrected chi connectivity index (χ3v) is 4.14. The molecule has 2 N–H and O–H groups in total. The number of aliphatic hydroxyl groups excluding tert-OH is 1. The zero-order valence-electron chi connectivity index (χ0n) is 12.7. The average Bonchev–Trinajstić information content (AvgIpc) is 2.94. The van der Waals surface area contributed by atoms with Gasteiger partial charge < -0.3 is 15.2 Å². The first-order valence-electron chi connectivity index (χ1n) is 7.08. The average molecular weight is 320 g/mol. The monoisotopic (exact) mass is 320 g/mol. The Labute approximate surface area is 134 Å². The number of thiazole rings is 1. The van der Waals surface area contributed by atoms with Crippen LogP contribution in [0.2, 0.25) is 0 Å². The Hall–Kier alpha value is -1.76. The van der Waals surface area contributed by atoms with Gasteiger partial charge in [0.25, 0.3) is 5.91 Å². The van der Waals surface area contributed by atoms with Gasteiger partial charge in [-0.25, -0.2) is 4.98 Å². The summed E-state index contributed by atoms with van der Waals surface area (Å²) in [6, 6.07) is 7.36. The van der Waals surface area contributed by atoms with Crippen LogP contribution in [0.15, 0.2) is 29.6 Å². The van der Waals surface area contributed by atoms with Crippen molar-refractivity contribution >= 4 is 17.2 Å². The van der Waals surface area contributed by atoms with Gasteiger partial charge in [0.1, 0.15) is 5.01 Å². The molecule has 1 atom stereocenters. The third kappa shape index (κ3) is 4.62. The van der Waals surface area contributed by atoms with Crippen LogP contribution < -0.4 is 5.32 Å². The molecule has 2 aromatic rings. The minimum absolute atomic E-state index is 0.147. The van der Waals surface area contributed by atoms with E-state index in [1.54, 1.807) is 23.5 Å². The van der Waals surface area contributed by atoms with Gasteiger partial charge in [0, 0.05) is 35.9 Å². The molecule has 0 spiro atoms. The van der Waals surface area contributed by atoms with Gasteiger partial charge >= 0.3 is 0 Å². The first-order valence-corrected chi connectivity index (χ1v) is 7.96. The smallest absolute Gasteiger partial charge is 0.251 e. The van der Waals surface area contributed by atoms with E-state index in [0.29, 0.717) is 18.5 Å². The van der Waals surface area contributed by atoms with Crippen LogP contribution >= 0.6 is 11.3 Å². The highest BCUT2D eigenvalue weighted by Crippen LogP contribution is 2.23. The second kappa shape index (κ2) is 8.03. The molecule has 0 saturated heterocycles. The number of hydrogen-bond donors (Lipinski definition) is 2. The number of nitrogens with zero attached hydrogens (tertiary/aromatic N) is 1. The van der Waals surface area contributed by atoms with Crippen molar-refractivity contribution in [3.63, 3.8) is 0 Å². The maximum atomic E-state index is 12.0. The lowest BCUT2D eigenvalue weighted by atomic mass is 10.1. The maximum Gasteiger partial charge on any atom is 0.251 e. The first-order chi connectivity index (χ1) is 10.6. The van der Waals surface area contributed by atoms with Crippen molar-refractivity contribution in [1.82, 2.24) is 10.3 Å². The number of carbonyl (C=O) groups is 1. The lowest BCUT2D eigenvalue weighted by Crippen LogP contribution is -2.28. The van der Waals surface area contributed by atoms with Crippen LogP contribution in [0.3, 0.4) is 0 Å². The number of aryl methyl sites for hydroxylation is 1. The Morgan fingerprint density at radius 3 is 2.73 bits per heavy atom. The number of nitrogens with one attached hydrogen (secondary N) is 1. The van der Waals surface area contributed by atoms with E-state index < -0.39 is 6.10 Å². The molecule has 1 aromatic carbocycles. The minimum atomic E-state index is -0.555. The molecule has 0 fully saturated rings. The van der Waals surface area contributed by atoms with Gasteiger partial charge in [0.2, 0.25) is 0 Å². The number of amides is 1. The van der Waals surface area contributed by atoms with Gasteiger partial charge in [0.15, 0.2) is 0 Å². The van der Waals surface area contributed by atoms with E-state index in [9.17, 15) is 9.90 Å². The van der Waals surface area contributed by atoms with Crippen molar-refractivity contribution in [2.75, 3.05) is 20.3 Å². The number of benzene rings is 1. The summed E-state index contributed by atoms with van der Waals surface area (Å²) in [6.45, 7) is 2.65. The van der Waals surface area contributed by atoms with E-state index >= 15 is 0 Å². The van der Waals surface area contributed by atoms with Crippen molar-refractivity contribution in [3.05, 3.63) is 40.9 Å². The van der Waals surface area contributed by atoms with Crippen molar-refractivity contribution < 1.29 is 14.6 Å². The van der Waals surface area contributed by atoms with Gasteiger partial charge in [-0.2, -0.15) is 0 Å². The molecule has 0 aliphatic heterocycles. The molecule has 0 saturated carbocycles. The van der Waals surface area contributed by atoms with E-state index in [1.807, 2.05) is 24.4 Å². The summed E-state index contributed by atoms with van der Waals surface area (Å²) < 4.78 is 4.84. The predicted molar refractivity (Wildman–Crippen MR) is 87.1 cm³/mol.